The Labute approximate surface area is 314 Å². The number of para-hydroxylation sites is 2. The van der Waals surface area contributed by atoms with E-state index in [0.29, 0.717) is 13.0 Å². The monoisotopic (exact) mass is 724 g/mol. The molecule has 0 bridgehead atoms. The normalized spacial score (nSPS) is 18.9. The lowest BCUT2D eigenvalue weighted by Crippen LogP contribution is -2.47. The average Bonchev–Trinajstić information content (AvgIpc) is 3.63. The number of imidazole rings is 1. The molecule has 0 unspecified atom stereocenters. The number of hydrogen-bond acceptors (Lipinski definition) is 7. The molecule has 1 saturated heterocycles. The Balaban J connectivity index is 1.07. The lowest BCUT2D eigenvalue weighted by molar-refractivity contribution is -0.276. The van der Waals surface area contributed by atoms with Crippen molar-refractivity contribution in [2.45, 2.75) is 57.6 Å². The number of nitrogens with zero attached hydrogens (tertiary/aromatic N) is 2. The number of esters is 1. The predicted octanol–water partition coefficient (Wildman–Crippen LogP) is 7.27. The second-order valence-corrected chi connectivity index (χ2v) is 13.6. The standard InChI is InChI=1S/C44H44N4O6/c1-29-40(26-48-28-46-37-14-8-9-15-39(37)48)53-43(54-41(29)33-18-16-31(27-49)17-19-33)34-22-20-32(21-23-34)36-13-7-6-12-35(36)25-45-44(51)47-38(42(50)52-2)24-30-10-4-3-5-11-30/h3-23,28-29,38,40-41,43,49H,24-27H2,1-2H3,(H2,45,47,51)/t29-,38-,40+,41+,43+/m0/s1. The van der Waals surface area contributed by atoms with E-state index in [4.69, 9.17) is 14.2 Å². The minimum absolute atomic E-state index is 0.0134. The fraction of sp³-hybridized carbons (Fsp3) is 0.250. The smallest absolute Gasteiger partial charge is 0.328 e. The maximum Gasteiger partial charge on any atom is 0.328 e. The van der Waals surface area contributed by atoms with Crippen LogP contribution < -0.4 is 10.6 Å². The molecule has 2 heterocycles. The topological polar surface area (TPSA) is 124 Å². The maximum absolute atomic E-state index is 13.0. The summed E-state index contributed by atoms with van der Waals surface area (Å²) >= 11 is 0. The Morgan fingerprint density at radius 1 is 0.833 bits per heavy atom. The molecule has 10 heteroatoms. The highest BCUT2D eigenvalue weighted by Gasteiger charge is 2.38. The third-order valence-corrected chi connectivity index (χ3v) is 10.1. The maximum atomic E-state index is 13.0. The molecule has 0 saturated carbocycles. The summed E-state index contributed by atoms with van der Waals surface area (Å²) in [5, 5.41) is 15.3. The van der Waals surface area contributed by atoms with Crippen molar-refractivity contribution in [2.75, 3.05) is 7.11 Å². The zero-order chi connectivity index (χ0) is 37.4. The molecule has 5 atom stereocenters. The molecule has 2 amide bonds. The van der Waals surface area contributed by atoms with E-state index in [1.807, 2.05) is 128 Å². The van der Waals surface area contributed by atoms with Crippen molar-refractivity contribution in [3.05, 3.63) is 162 Å². The number of nitrogens with one attached hydrogen (secondary N) is 2. The molecular weight excluding hydrogens is 681 g/mol. The van der Waals surface area contributed by atoms with Crippen LogP contribution in [0.1, 0.15) is 47.1 Å². The molecule has 0 radical (unpaired) electrons. The minimum Gasteiger partial charge on any atom is -0.467 e. The van der Waals surface area contributed by atoms with Crippen molar-refractivity contribution in [3.63, 3.8) is 0 Å². The van der Waals surface area contributed by atoms with Crippen LogP contribution in [0, 0.1) is 5.92 Å². The van der Waals surface area contributed by atoms with Crippen LogP contribution in [0.3, 0.4) is 0 Å². The first-order valence-corrected chi connectivity index (χ1v) is 18.1. The Morgan fingerprint density at radius 2 is 1.54 bits per heavy atom. The largest absolute Gasteiger partial charge is 0.467 e. The fourth-order valence-electron chi connectivity index (χ4n) is 7.02. The molecule has 6 aromatic rings. The third kappa shape index (κ3) is 8.36. The predicted molar refractivity (Wildman–Crippen MR) is 206 cm³/mol. The van der Waals surface area contributed by atoms with Crippen LogP contribution in [-0.2, 0) is 45.1 Å². The van der Waals surface area contributed by atoms with Gasteiger partial charge in [0, 0.05) is 24.4 Å². The van der Waals surface area contributed by atoms with E-state index in [2.05, 4.69) is 33.2 Å². The number of methoxy groups -OCH3 is 1. The van der Waals surface area contributed by atoms with Crippen molar-refractivity contribution in [2.24, 2.45) is 5.92 Å². The van der Waals surface area contributed by atoms with Gasteiger partial charge in [-0.05, 0) is 45.5 Å². The van der Waals surface area contributed by atoms with Crippen LogP contribution >= 0.6 is 0 Å². The number of aliphatic hydroxyl groups excluding tert-OH is 1. The number of aromatic nitrogens is 2. The number of aliphatic hydroxyl groups is 1. The van der Waals surface area contributed by atoms with Crippen LogP contribution in [0.15, 0.2) is 134 Å². The molecule has 1 aromatic heterocycles. The molecule has 7 rings (SSSR count). The molecule has 276 valence electrons. The molecule has 10 nitrogen and oxygen atoms in total. The number of ether oxygens (including phenoxy) is 3. The molecule has 0 spiro atoms. The summed E-state index contributed by atoms with van der Waals surface area (Å²) in [6.45, 7) is 2.98. The van der Waals surface area contributed by atoms with Crippen LogP contribution in [0.4, 0.5) is 4.79 Å². The first kappa shape index (κ1) is 36.5. The number of fused-ring (bicyclic) bond motifs is 1. The van der Waals surface area contributed by atoms with Gasteiger partial charge in [-0.1, -0.05) is 122 Å². The van der Waals surface area contributed by atoms with Gasteiger partial charge >= 0.3 is 12.0 Å². The van der Waals surface area contributed by atoms with E-state index in [1.54, 1.807) is 0 Å². The van der Waals surface area contributed by atoms with Crippen molar-refractivity contribution in [1.82, 2.24) is 20.2 Å². The SMILES string of the molecule is COC(=O)[C@H](Cc1ccccc1)NC(=O)NCc1ccccc1-c1ccc([C@@H]2O[C@H](Cn3cnc4ccccc43)[C@H](C)[C@H](c3ccc(CO)cc3)O2)cc1. The Morgan fingerprint density at radius 3 is 2.30 bits per heavy atom. The van der Waals surface area contributed by atoms with Gasteiger partial charge in [0.1, 0.15) is 6.04 Å². The first-order valence-electron chi connectivity index (χ1n) is 18.1. The van der Waals surface area contributed by atoms with Gasteiger partial charge in [-0.2, -0.15) is 0 Å². The Hall–Kier alpha value is -5.81. The zero-order valence-corrected chi connectivity index (χ0v) is 30.3. The van der Waals surface area contributed by atoms with Crippen LogP contribution in [0.2, 0.25) is 0 Å². The highest BCUT2D eigenvalue weighted by atomic mass is 16.7. The second-order valence-electron chi connectivity index (χ2n) is 13.6. The van der Waals surface area contributed by atoms with Gasteiger partial charge in [-0.3, -0.25) is 0 Å². The van der Waals surface area contributed by atoms with Crippen molar-refractivity contribution < 1.29 is 28.9 Å². The average molecular weight is 725 g/mol. The minimum atomic E-state index is -0.828. The molecule has 1 aliphatic heterocycles. The van der Waals surface area contributed by atoms with Crippen molar-refractivity contribution in [1.29, 1.82) is 0 Å². The highest BCUT2D eigenvalue weighted by Crippen LogP contribution is 2.42. The summed E-state index contributed by atoms with van der Waals surface area (Å²) in [5.41, 5.74) is 8.48. The Kier molecular flexibility index (Phi) is 11.4. The summed E-state index contributed by atoms with van der Waals surface area (Å²) in [6, 6.07) is 40.2. The first-order chi connectivity index (χ1) is 26.4. The summed E-state index contributed by atoms with van der Waals surface area (Å²) in [5.74, 6) is -0.498. The van der Waals surface area contributed by atoms with E-state index in [1.165, 1.54) is 7.11 Å². The number of carbonyl (C=O) groups excluding carboxylic acids is 2. The van der Waals surface area contributed by atoms with Gasteiger partial charge in [0.25, 0.3) is 0 Å². The van der Waals surface area contributed by atoms with E-state index in [9.17, 15) is 14.7 Å². The van der Waals surface area contributed by atoms with Gasteiger partial charge < -0.3 is 34.5 Å². The Bertz CT molecular complexity index is 2170. The second kappa shape index (κ2) is 16.9. The van der Waals surface area contributed by atoms with Gasteiger partial charge in [0.2, 0.25) is 0 Å². The number of urea groups is 1. The molecule has 54 heavy (non-hydrogen) atoms. The van der Waals surface area contributed by atoms with E-state index >= 15 is 0 Å². The van der Waals surface area contributed by atoms with E-state index in [0.717, 1.165) is 50.0 Å². The number of rotatable bonds is 12. The molecular formula is C44H44N4O6. The number of hydrogen-bond donors (Lipinski definition) is 3. The van der Waals surface area contributed by atoms with Crippen molar-refractivity contribution >= 4 is 23.0 Å². The molecule has 5 aromatic carbocycles. The number of amides is 2. The van der Waals surface area contributed by atoms with Gasteiger partial charge in [0.15, 0.2) is 6.29 Å². The summed E-state index contributed by atoms with van der Waals surface area (Å²) in [6.07, 6.45) is 1.11. The van der Waals surface area contributed by atoms with Gasteiger partial charge in [-0.15, -0.1) is 0 Å². The molecule has 1 fully saturated rings. The molecule has 0 aliphatic carbocycles. The molecule has 1 aliphatic rings. The summed E-state index contributed by atoms with van der Waals surface area (Å²) < 4.78 is 20.5. The summed E-state index contributed by atoms with van der Waals surface area (Å²) in [7, 11) is 1.31. The van der Waals surface area contributed by atoms with Crippen molar-refractivity contribution in [3.8, 4) is 11.1 Å². The number of benzene rings is 5. The third-order valence-electron chi connectivity index (χ3n) is 10.1. The van der Waals surface area contributed by atoms with Crippen LogP contribution in [-0.4, -0.2) is 45.9 Å². The van der Waals surface area contributed by atoms with Gasteiger partial charge in [0.05, 0.1) is 49.8 Å². The van der Waals surface area contributed by atoms with Gasteiger partial charge in [-0.25, -0.2) is 14.6 Å². The fourth-order valence-corrected chi connectivity index (χ4v) is 7.02. The highest BCUT2D eigenvalue weighted by molar-refractivity contribution is 5.84. The lowest BCUT2D eigenvalue weighted by Gasteiger charge is -2.41. The number of carbonyl (C=O) groups is 2. The van der Waals surface area contributed by atoms with Crippen LogP contribution in [0.5, 0.6) is 0 Å². The van der Waals surface area contributed by atoms with Crippen LogP contribution in [0.25, 0.3) is 22.2 Å². The quantitative estimate of drug-likeness (QED) is 0.114. The lowest BCUT2D eigenvalue weighted by atomic mass is 9.90. The van der Waals surface area contributed by atoms with E-state index < -0.39 is 24.3 Å². The van der Waals surface area contributed by atoms with E-state index in [-0.39, 0.29) is 31.3 Å². The zero-order valence-electron chi connectivity index (χ0n) is 30.3. The summed E-state index contributed by atoms with van der Waals surface area (Å²) in [4.78, 5) is 30.1. The molecule has 3 N–H and O–H groups in total.